The van der Waals surface area contributed by atoms with Gasteiger partial charge in [-0.15, -0.1) is 0 Å². The van der Waals surface area contributed by atoms with E-state index in [0.29, 0.717) is 11.6 Å². The Hall–Kier alpha value is -3.60. The van der Waals surface area contributed by atoms with Gasteiger partial charge in [-0.05, 0) is 60.7 Å². The Bertz CT molecular complexity index is 1160. The maximum Gasteiger partial charge on any atom is 0.329 e. The van der Waals surface area contributed by atoms with Crippen molar-refractivity contribution < 1.29 is 9.59 Å². The predicted octanol–water partition coefficient (Wildman–Crippen LogP) is 5.31. The van der Waals surface area contributed by atoms with Crippen LogP contribution in [0.2, 0.25) is 0 Å². The second kappa shape index (κ2) is 8.26. The second-order valence-electron chi connectivity index (χ2n) is 8.27. The maximum atomic E-state index is 12.9. The lowest BCUT2D eigenvalue weighted by Gasteiger charge is -2.12. The van der Waals surface area contributed by atoms with Crippen LogP contribution in [-0.2, 0) is 11.3 Å². The fourth-order valence-electron chi connectivity index (χ4n) is 3.98. The van der Waals surface area contributed by atoms with E-state index >= 15 is 0 Å². The molecule has 1 aliphatic rings. The van der Waals surface area contributed by atoms with Crippen LogP contribution in [0.15, 0.2) is 66.4 Å². The van der Waals surface area contributed by atoms with E-state index in [1.54, 1.807) is 6.08 Å². The molecule has 5 nitrogen and oxygen atoms in total. The van der Waals surface area contributed by atoms with Crippen molar-refractivity contribution in [3.05, 3.63) is 94.4 Å². The third-order valence-corrected chi connectivity index (χ3v) is 5.73. The first-order valence-corrected chi connectivity index (χ1v) is 10.5. The standard InChI is InChI=1S/C26H27N3O2/c1-17(2)21-10-12-23(13-11-21)29-18(3)14-22(19(29)4)15-24-25(30)28(26(31)27-24)16-20-8-6-5-7-9-20/h5-15,17H,16H2,1-4H3,(H,27,31)/b24-15+. The molecule has 0 unspecified atom stereocenters. The summed E-state index contributed by atoms with van der Waals surface area (Å²) >= 11 is 0. The first-order valence-electron chi connectivity index (χ1n) is 10.5. The summed E-state index contributed by atoms with van der Waals surface area (Å²) in [7, 11) is 0. The highest BCUT2D eigenvalue weighted by Crippen LogP contribution is 2.25. The zero-order chi connectivity index (χ0) is 22.1. The van der Waals surface area contributed by atoms with Gasteiger partial charge in [0.2, 0.25) is 0 Å². The highest BCUT2D eigenvalue weighted by Gasteiger charge is 2.33. The molecule has 0 saturated carbocycles. The van der Waals surface area contributed by atoms with Crippen LogP contribution in [0.25, 0.3) is 11.8 Å². The topological polar surface area (TPSA) is 54.3 Å². The number of hydrogen-bond acceptors (Lipinski definition) is 2. The van der Waals surface area contributed by atoms with E-state index in [2.05, 4.69) is 48.0 Å². The van der Waals surface area contributed by atoms with Gasteiger partial charge in [0, 0.05) is 17.1 Å². The zero-order valence-corrected chi connectivity index (χ0v) is 18.3. The molecule has 0 spiro atoms. The fourth-order valence-corrected chi connectivity index (χ4v) is 3.98. The smallest absolute Gasteiger partial charge is 0.318 e. The van der Waals surface area contributed by atoms with Crippen LogP contribution in [0.3, 0.4) is 0 Å². The first-order chi connectivity index (χ1) is 14.8. The lowest BCUT2D eigenvalue weighted by Crippen LogP contribution is -2.30. The van der Waals surface area contributed by atoms with Gasteiger partial charge < -0.3 is 9.88 Å². The predicted molar refractivity (Wildman–Crippen MR) is 123 cm³/mol. The summed E-state index contributed by atoms with van der Waals surface area (Å²) in [5.41, 5.74) is 6.59. The minimum atomic E-state index is -0.391. The lowest BCUT2D eigenvalue weighted by atomic mass is 10.0. The number of rotatable bonds is 5. The zero-order valence-electron chi connectivity index (χ0n) is 18.3. The normalized spacial score (nSPS) is 15.3. The molecule has 5 heteroatoms. The van der Waals surface area contributed by atoms with Gasteiger partial charge in [0.1, 0.15) is 5.70 Å². The number of benzene rings is 2. The number of nitrogens with one attached hydrogen (secondary N) is 1. The van der Waals surface area contributed by atoms with Crippen molar-refractivity contribution in [2.75, 3.05) is 0 Å². The summed E-state index contributed by atoms with van der Waals surface area (Å²) in [5.74, 6) is 0.178. The Morgan fingerprint density at radius 3 is 2.29 bits per heavy atom. The molecule has 158 valence electrons. The summed E-state index contributed by atoms with van der Waals surface area (Å²) in [4.78, 5) is 26.5. The van der Waals surface area contributed by atoms with E-state index in [9.17, 15) is 9.59 Å². The van der Waals surface area contributed by atoms with Crippen LogP contribution in [0.4, 0.5) is 4.79 Å². The van der Waals surface area contributed by atoms with Crippen LogP contribution >= 0.6 is 0 Å². The molecule has 1 fully saturated rings. The minimum Gasteiger partial charge on any atom is -0.318 e. The largest absolute Gasteiger partial charge is 0.329 e. The number of imide groups is 1. The van der Waals surface area contributed by atoms with Crippen molar-refractivity contribution in [3.8, 4) is 5.69 Å². The fraction of sp³-hybridized carbons (Fsp3) is 0.231. The van der Waals surface area contributed by atoms with E-state index in [1.807, 2.05) is 50.2 Å². The summed E-state index contributed by atoms with van der Waals surface area (Å²) in [5, 5.41) is 2.73. The molecule has 1 aromatic heterocycles. The molecule has 2 heterocycles. The molecule has 3 amide bonds. The summed E-state index contributed by atoms with van der Waals surface area (Å²) in [6.45, 7) is 8.68. The second-order valence-corrected chi connectivity index (χ2v) is 8.27. The number of hydrogen-bond donors (Lipinski definition) is 1. The lowest BCUT2D eigenvalue weighted by molar-refractivity contribution is -0.123. The molecule has 1 N–H and O–H groups in total. The Balaban J connectivity index is 1.61. The number of urea groups is 1. The summed E-state index contributed by atoms with van der Waals surface area (Å²) < 4.78 is 2.17. The number of amides is 3. The molecule has 2 aromatic carbocycles. The third kappa shape index (κ3) is 4.04. The molecule has 3 aromatic rings. The minimum absolute atomic E-state index is 0.254. The van der Waals surface area contributed by atoms with E-state index in [1.165, 1.54) is 10.5 Å². The third-order valence-electron chi connectivity index (χ3n) is 5.73. The van der Waals surface area contributed by atoms with Crippen molar-refractivity contribution in [1.82, 2.24) is 14.8 Å². The van der Waals surface area contributed by atoms with Gasteiger partial charge in [0.25, 0.3) is 5.91 Å². The quantitative estimate of drug-likeness (QED) is 0.455. The first kappa shape index (κ1) is 20.7. The molecular weight excluding hydrogens is 386 g/mol. The number of carbonyl (C=O) groups is 2. The van der Waals surface area contributed by atoms with Crippen molar-refractivity contribution in [1.29, 1.82) is 0 Å². The average Bonchev–Trinajstić information content (AvgIpc) is 3.18. The molecule has 0 radical (unpaired) electrons. The summed E-state index contributed by atoms with van der Waals surface area (Å²) in [6, 6.07) is 19.7. The Labute approximate surface area is 183 Å². The van der Waals surface area contributed by atoms with Gasteiger partial charge in [-0.3, -0.25) is 9.69 Å². The molecule has 0 aliphatic carbocycles. The molecule has 1 saturated heterocycles. The van der Waals surface area contributed by atoms with E-state index < -0.39 is 6.03 Å². The van der Waals surface area contributed by atoms with E-state index in [-0.39, 0.29) is 12.5 Å². The van der Waals surface area contributed by atoms with Crippen molar-refractivity contribution >= 4 is 18.0 Å². The maximum absolute atomic E-state index is 12.9. The van der Waals surface area contributed by atoms with Crippen molar-refractivity contribution in [2.45, 2.75) is 40.2 Å². The van der Waals surface area contributed by atoms with Gasteiger partial charge in [0.15, 0.2) is 0 Å². The number of aryl methyl sites for hydroxylation is 1. The molecule has 0 atom stereocenters. The van der Waals surface area contributed by atoms with E-state index in [4.69, 9.17) is 0 Å². The van der Waals surface area contributed by atoms with Gasteiger partial charge >= 0.3 is 6.03 Å². The molecular formula is C26H27N3O2. The van der Waals surface area contributed by atoms with Gasteiger partial charge in [0.05, 0.1) is 6.54 Å². The van der Waals surface area contributed by atoms with Crippen LogP contribution < -0.4 is 5.32 Å². The van der Waals surface area contributed by atoms with Crippen LogP contribution in [0.1, 0.15) is 47.8 Å². The van der Waals surface area contributed by atoms with E-state index in [0.717, 1.165) is 28.2 Å². The van der Waals surface area contributed by atoms with Crippen molar-refractivity contribution in [3.63, 3.8) is 0 Å². The molecule has 31 heavy (non-hydrogen) atoms. The monoisotopic (exact) mass is 413 g/mol. The SMILES string of the molecule is Cc1cc(/C=C2/NC(=O)N(Cc3ccccc3)C2=O)c(C)n1-c1ccc(C(C)C)cc1. The Morgan fingerprint density at radius 1 is 0.968 bits per heavy atom. The number of carbonyl (C=O) groups excluding carboxylic acids is 2. The highest BCUT2D eigenvalue weighted by atomic mass is 16.2. The highest BCUT2D eigenvalue weighted by molar-refractivity contribution is 6.13. The molecule has 4 rings (SSSR count). The number of nitrogens with zero attached hydrogens (tertiary/aromatic N) is 2. The Morgan fingerprint density at radius 2 is 1.65 bits per heavy atom. The Kier molecular flexibility index (Phi) is 5.51. The van der Waals surface area contributed by atoms with Gasteiger partial charge in [-0.25, -0.2) is 4.79 Å². The van der Waals surface area contributed by atoms with Crippen LogP contribution in [0, 0.1) is 13.8 Å². The molecule has 1 aliphatic heterocycles. The van der Waals surface area contributed by atoms with Gasteiger partial charge in [-0.2, -0.15) is 0 Å². The van der Waals surface area contributed by atoms with Gasteiger partial charge in [-0.1, -0.05) is 56.3 Å². The van der Waals surface area contributed by atoms with Crippen molar-refractivity contribution in [2.24, 2.45) is 0 Å². The summed E-state index contributed by atoms with van der Waals surface area (Å²) in [6.07, 6.45) is 1.77. The number of aromatic nitrogens is 1. The van der Waals surface area contributed by atoms with Crippen LogP contribution in [0.5, 0.6) is 0 Å². The molecule has 0 bridgehead atoms. The average molecular weight is 414 g/mol. The van der Waals surface area contributed by atoms with Crippen LogP contribution in [-0.4, -0.2) is 21.4 Å².